The molecule has 4 heteroatoms. The van der Waals surface area contributed by atoms with Crippen LogP contribution in [0.1, 0.15) is 5.56 Å². The van der Waals surface area contributed by atoms with E-state index < -0.39 is 8.32 Å². The van der Waals surface area contributed by atoms with Crippen molar-refractivity contribution in [1.29, 1.82) is 0 Å². The molecule has 0 aliphatic heterocycles. The van der Waals surface area contributed by atoms with Crippen LogP contribution in [0, 0.1) is 0 Å². The van der Waals surface area contributed by atoms with Crippen LogP contribution in [0.25, 0.3) is 27.8 Å². The van der Waals surface area contributed by atoms with Crippen LogP contribution in [0.5, 0.6) is 0 Å². The molecular formula is C20H21NO2Si. The molecule has 1 heterocycles. The van der Waals surface area contributed by atoms with Crippen LogP contribution >= 0.6 is 0 Å². The third-order valence-corrected chi connectivity index (χ3v) is 4.55. The number of pyridine rings is 1. The van der Waals surface area contributed by atoms with Crippen molar-refractivity contribution >= 4 is 25.0 Å². The number of fused-ring (bicyclic) bond motifs is 1. The van der Waals surface area contributed by atoms with Crippen molar-refractivity contribution in [3.63, 3.8) is 0 Å². The minimum absolute atomic E-state index is 0.171. The topological polar surface area (TPSA) is 42.1 Å². The molecule has 3 aromatic rings. The van der Waals surface area contributed by atoms with Gasteiger partial charge in [-0.1, -0.05) is 55.1 Å². The summed E-state index contributed by atoms with van der Waals surface area (Å²) in [5.41, 5.74) is 3.01. The molecule has 2 aromatic carbocycles. The number of aromatic nitrogens is 1. The molecule has 0 radical (unpaired) electrons. The summed E-state index contributed by atoms with van der Waals surface area (Å²) in [5.74, 6) is 0.444. The van der Waals surface area contributed by atoms with Gasteiger partial charge in [-0.15, -0.1) is 0 Å². The van der Waals surface area contributed by atoms with E-state index >= 15 is 0 Å². The number of H-pyrrole nitrogens is 1. The number of nitrogens with one attached hydrogen (secondary N) is 1. The highest BCUT2D eigenvalue weighted by Gasteiger charge is 2.23. The zero-order chi connectivity index (χ0) is 17.3. The van der Waals surface area contributed by atoms with Gasteiger partial charge in [0.25, 0.3) is 5.56 Å². The molecule has 0 aliphatic rings. The minimum atomic E-state index is -1.87. The number of hydrogen-bond donors (Lipinski definition) is 1. The van der Waals surface area contributed by atoms with Crippen molar-refractivity contribution in [3.05, 3.63) is 77.1 Å². The van der Waals surface area contributed by atoms with E-state index in [1.165, 1.54) is 0 Å². The van der Waals surface area contributed by atoms with Gasteiger partial charge in [-0.2, -0.15) is 0 Å². The van der Waals surface area contributed by atoms with Crippen molar-refractivity contribution in [2.75, 3.05) is 0 Å². The average Bonchev–Trinajstić information content (AvgIpc) is 2.52. The van der Waals surface area contributed by atoms with E-state index in [1.807, 2.05) is 54.6 Å². The van der Waals surface area contributed by atoms with Gasteiger partial charge in [0, 0.05) is 16.5 Å². The second-order valence-electron chi connectivity index (χ2n) is 6.75. The molecule has 1 aromatic heterocycles. The Balaban J connectivity index is 2.34. The molecule has 0 atom stereocenters. The van der Waals surface area contributed by atoms with E-state index in [0.29, 0.717) is 11.3 Å². The standard InChI is InChI=1S/C20H21NO2Si/c1-14(23-24(2,3)4)18-19(15-10-6-5-7-11-15)16-12-8-9-13-17(16)21-20(18)22/h5-13H,1H2,2-4H3,(H,21,22). The van der Waals surface area contributed by atoms with Crippen molar-refractivity contribution in [1.82, 2.24) is 4.98 Å². The Morgan fingerprint density at radius 1 is 1.00 bits per heavy atom. The quantitative estimate of drug-likeness (QED) is 0.537. The number of rotatable bonds is 4. The van der Waals surface area contributed by atoms with E-state index in [4.69, 9.17) is 4.43 Å². The normalized spacial score (nSPS) is 11.5. The van der Waals surface area contributed by atoms with Crippen LogP contribution in [0.3, 0.4) is 0 Å². The summed E-state index contributed by atoms with van der Waals surface area (Å²) in [6, 6.07) is 17.7. The number of aromatic amines is 1. The van der Waals surface area contributed by atoms with Crippen molar-refractivity contribution < 1.29 is 4.43 Å². The summed E-state index contributed by atoms with van der Waals surface area (Å²) in [5, 5.41) is 0.985. The molecule has 0 fully saturated rings. The van der Waals surface area contributed by atoms with Crippen LogP contribution in [0.2, 0.25) is 19.6 Å². The first-order chi connectivity index (χ1) is 11.4. The Labute approximate surface area is 142 Å². The first-order valence-corrected chi connectivity index (χ1v) is 11.4. The maximum atomic E-state index is 12.8. The average molecular weight is 335 g/mol. The summed E-state index contributed by atoms with van der Waals surface area (Å²) < 4.78 is 6.04. The number of benzene rings is 2. The third kappa shape index (κ3) is 3.19. The zero-order valence-electron chi connectivity index (χ0n) is 14.2. The molecule has 3 nitrogen and oxygen atoms in total. The molecule has 0 saturated carbocycles. The molecule has 0 spiro atoms. The lowest BCUT2D eigenvalue weighted by Crippen LogP contribution is -2.26. The Kier molecular flexibility index (Phi) is 4.16. The lowest BCUT2D eigenvalue weighted by atomic mass is 9.95. The van der Waals surface area contributed by atoms with Gasteiger partial charge in [0.15, 0.2) is 0 Å². The third-order valence-electron chi connectivity index (χ3n) is 3.69. The fourth-order valence-corrected chi connectivity index (χ4v) is 3.68. The largest absolute Gasteiger partial charge is 0.544 e. The molecule has 24 heavy (non-hydrogen) atoms. The van der Waals surface area contributed by atoms with Crippen LogP contribution < -0.4 is 5.56 Å². The zero-order valence-corrected chi connectivity index (χ0v) is 15.2. The van der Waals surface area contributed by atoms with E-state index in [1.54, 1.807) is 0 Å². The van der Waals surface area contributed by atoms with E-state index in [2.05, 4.69) is 31.2 Å². The van der Waals surface area contributed by atoms with Gasteiger partial charge < -0.3 is 9.41 Å². The first kappa shape index (κ1) is 16.3. The SMILES string of the molecule is C=C(O[Si](C)(C)C)c1c(-c2ccccc2)c2ccccc2[nH]c1=O. The smallest absolute Gasteiger partial charge is 0.260 e. The van der Waals surface area contributed by atoms with Gasteiger partial charge in [-0.05, 0) is 31.3 Å². The second kappa shape index (κ2) is 6.13. The van der Waals surface area contributed by atoms with Gasteiger partial charge in [0.05, 0.1) is 5.56 Å². The lowest BCUT2D eigenvalue weighted by molar-refractivity contribution is 0.515. The van der Waals surface area contributed by atoms with Gasteiger partial charge >= 0.3 is 0 Å². The van der Waals surface area contributed by atoms with Crippen molar-refractivity contribution in [2.24, 2.45) is 0 Å². The Bertz CT molecular complexity index is 953. The second-order valence-corrected chi connectivity index (χ2v) is 11.2. The molecular weight excluding hydrogens is 314 g/mol. The Morgan fingerprint density at radius 2 is 1.62 bits per heavy atom. The predicted octanol–water partition coefficient (Wildman–Crippen LogP) is 5.02. The minimum Gasteiger partial charge on any atom is -0.544 e. The van der Waals surface area contributed by atoms with Crippen molar-refractivity contribution in [3.8, 4) is 11.1 Å². The number of para-hydroxylation sites is 1. The lowest BCUT2D eigenvalue weighted by Gasteiger charge is -2.23. The molecule has 0 bridgehead atoms. The number of hydrogen-bond acceptors (Lipinski definition) is 2. The summed E-state index contributed by atoms with van der Waals surface area (Å²) in [7, 11) is -1.87. The Hall–Kier alpha value is -2.59. The fourth-order valence-electron chi connectivity index (χ4n) is 2.83. The van der Waals surface area contributed by atoms with E-state index in [0.717, 1.165) is 22.0 Å². The molecule has 0 unspecified atom stereocenters. The van der Waals surface area contributed by atoms with Crippen molar-refractivity contribution in [2.45, 2.75) is 19.6 Å². The fraction of sp³-hybridized carbons (Fsp3) is 0.150. The van der Waals surface area contributed by atoms with Gasteiger partial charge in [-0.25, -0.2) is 0 Å². The Morgan fingerprint density at radius 3 is 2.29 bits per heavy atom. The molecule has 0 aliphatic carbocycles. The van der Waals surface area contributed by atoms with Crippen LogP contribution in [0.4, 0.5) is 0 Å². The maximum Gasteiger partial charge on any atom is 0.260 e. The van der Waals surface area contributed by atoms with Crippen LogP contribution in [-0.2, 0) is 4.43 Å². The summed E-state index contributed by atoms with van der Waals surface area (Å²) in [4.78, 5) is 15.7. The van der Waals surface area contributed by atoms with Gasteiger partial charge in [0.1, 0.15) is 5.76 Å². The monoisotopic (exact) mass is 335 g/mol. The summed E-state index contributed by atoms with van der Waals surface area (Å²) in [6.45, 7) is 10.3. The summed E-state index contributed by atoms with van der Waals surface area (Å²) >= 11 is 0. The highest BCUT2D eigenvalue weighted by Crippen LogP contribution is 2.33. The highest BCUT2D eigenvalue weighted by atomic mass is 28.4. The maximum absolute atomic E-state index is 12.8. The van der Waals surface area contributed by atoms with Gasteiger partial charge in [0.2, 0.25) is 8.32 Å². The molecule has 0 amide bonds. The van der Waals surface area contributed by atoms with E-state index in [9.17, 15) is 4.79 Å². The van der Waals surface area contributed by atoms with Gasteiger partial charge in [-0.3, -0.25) is 4.79 Å². The predicted molar refractivity (Wildman–Crippen MR) is 103 cm³/mol. The molecule has 1 N–H and O–H groups in total. The first-order valence-electron chi connectivity index (χ1n) is 7.95. The summed E-state index contributed by atoms with van der Waals surface area (Å²) in [6.07, 6.45) is 0. The molecule has 122 valence electrons. The van der Waals surface area contributed by atoms with E-state index in [-0.39, 0.29) is 5.56 Å². The van der Waals surface area contributed by atoms with Crippen LogP contribution in [-0.4, -0.2) is 13.3 Å². The molecule has 0 saturated heterocycles. The van der Waals surface area contributed by atoms with Crippen LogP contribution in [0.15, 0.2) is 66.0 Å². The highest BCUT2D eigenvalue weighted by molar-refractivity contribution is 6.70. The molecule has 3 rings (SSSR count).